The number of carboxylic acids is 2. The van der Waals surface area contributed by atoms with Crippen molar-refractivity contribution in [3.8, 4) is 0 Å². The highest BCUT2D eigenvalue weighted by molar-refractivity contribution is 14.1. The summed E-state index contributed by atoms with van der Waals surface area (Å²) in [5, 5.41) is 17.4. The minimum Gasteiger partial charge on any atom is -0.481 e. The lowest BCUT2D eigenvalue weighted by molar-refractivity contribution is -0.154. The van der Waals surface area contributed by atoms with E-state index in [4.69, 9.17) is 10.2 Å². The Morgan fingerprint density at radius 3 is 2.06 bits per heavy atom. The van der Waals surface area contributed by atoms with E-state index in [9.17, 15) is 9.59 Å². The third kappa shape index (κ3) is 3.80. The Kier molecular flexibility index (Phi) is 4.72. The fourth-order valence-electron chi connectivity index (χ4n) is 1.31. The summed E-state index contributed by atoms with van der Waals surface area (Å²) in [5.41, 5.74) is 0.952. The van der Waals surface area contributed by atoms with Crippen molar-refractivity contribution in [1.82, 2.24) is 0 Å². The van der Waals surface area contributed by atoms with E-state index in [1.165, 1.54) is 0 Å². The Balaban J connectivity index is 2.59. The molecule has 0 aliphatic carbocycles. The van der Waals surface area contributed by atoms with Gasteiger partial charge in [-0.3, -0.25) is 9.59 Å². The summed E-state index contributed by atoms with van der Waals surface area (Å²) in [6, 6.07) is 7.57. The number of rotatable bonds is 5. The largest absolute Gasteiger partial charge is 0.481 e. The van der Waals surface area contributed by atoms with E-state index < -0.39 is 17.9 Å². The van der Waals surface area contributed by atoms with Crippen molar-refractivity contribution in [2.75, 3.05) is 0 Å². The van der Waals surface area contributed by atoms with Gasteiger partial charge in [0.05, 0.1) is 0 Å². The molecule has 0 spiro atoms. The van der Waals surface area contributed by atoms with Gasteiger partial charge in [0.15, 0.2) is 5.92 Å². The van der Waals surface area contributed by atoms with E-state index >= 15 is 0 Å². The number of halogens is 1. The lowest BCUT2D eigenvalue weighted by Crippen LogP contribution is -2.23. The number of aliphatic carboxylic acids is 2. The van der Waals surface area contributed by atoms with Crippen LogP contribution in [0.4, 0.5) is 0 Å². The van der Waals surface area contributed by atoms with E-state index in [0.717, 1.165) is 9.13 Å². The van der Waals surface area contributed by atoms with Crippen LogP contribution in [0.15, 0.2) is 24.3 Å². The van der Waals surface area contributed by atoms with Crippen LogP contribution in [0.25, 0.3) is 0 Å². The van der Waals surface area contributed by atoms with Crippen LogP contribution in [0, 0.1) is 9.49 Å². The molecule has 4 nitrogen and oxygen atoms in total. The Morgan fingerprint density at radius 1 is 1.12 bits per heavy atom. The van der Waals surface area contributed by atoms with Crippen molar-refractivity contribution in [2.45, 2.75) is 12.8 Å². The summed E-state index contributed by atoms with van der Waals surface area (Å²) in [7, 11) is 0. The Morgan fingerprint density at radius 2 is 1.62 bits per heavy atom. The number of benzene rings is 1. The molecule has 0 saturated heterocycles. The number of carbonyl (C=O) groups is 2. The maximum atomic E-state index is 10.6. The topological polar surface area (TPSA) is 74.6 Å². The molecule has 0 aromatic heterocycles. The summed E-state index contributed by atoms with van der Waals surface area (Å²) >= 11 is 2.17. The third-order valence-corrected chi connectivity index (χ3v) is 2.95. The first kappa shape index (κ1) is 13.0. The SMILES string of the molecule is O=C(O)C(CCc1ccc([123I])cc1)C(=O)O. The fourth-order valence-corrected chi connectivity index (χ4v) is 1.67. The Bertz CT molecular complexity index is 371. The summed E-state index contributed by atoms with van der Waals surface area (Å²) in [5.74, 6) is -3.88. The standard InChI is InChI=1S/C11H11IO4/c12-8-4-1-7(2-5-8)3-6-9(10(13)14)11(15)16/h1-2,4-5,9H,3,6H2,(H,13,14)(H,15,16)/i12-4. The molecule has 0 fully saturated rings. The molecule has 0 saturated carbocycles. The Labute approximate surface area is 106 Å². The zero-order valence-corrected chi connectivity index (χ0v) is 10.5. The van der Waals surface area contributed by atoms with E-state index in [0.29, 0.717) is 6.42 Å². The summed E-state index contributed by atoms with van der Waals surface area (Å²) in [4.78, 5) is 21.3. The van der Waals surface area contributed by atoms with E-state index in [1.807, 2.05) is 24.3 Å². The minimum absolute atomic E-state index is 0.116. The van der Waals surface area contributed by atoms with E-state index in [-0.39, 0.29) is 6.42 Å². The van der Waals surface area contributed by atoms with Gasteiger partial charge >= 0.3 is 11.9 Å². The lowest BCUT2D eigenvalue weighted by atomic mass is 10.00. The van der Waals surface area contributed by atoms with E-state index in [2.05, 4.69) is 22.6 Å². The number of aryl methyl sites for hydroxylation is 1. The van der Waals surface area contributed by atoms with Crippen LogP contribution in [-0.2, 0) is 16.0 Å². The first-order valence-electron chi connectivity index (χ1n) is 4.70. The molecule has 1 rings (SSSR count). The zero-order valence-electron chi connectivity index (χ0n) is 8.39. The van der Waals surface area contributed by atoms with E-state index in [1.54, 1.807) is 0 Å². The molecule has 0 amide bonds. The molecule has 16 heavy (non-hydrogen) atoms. The monoisotopic (exact) mass is 330 g/mol. The molecule has 0 aliphatic heterocycles. The molecule has 0 bridgehead atoms. The van der Waals surface area contributed by atoms with Gasteiger partial charge in [0.2, 0.25) is 0 Å². The van der Waals surface area contributed by atoms with Gasteiger partial charge in [-0.2, -0.15) is 0 Å². The molecule has 5 heteroatoms. The highest BCUT2D eigenvalue weighted by atomic mass is 123. The molecule has 1 aromatic rings. The summed E-state index contributed by atoms with van der Waals surface area (Å²) < 4.78 is 1.09. The molecular weight excluding hydrogens is 319 g/mol. The maximum absolute atomic E-state index is 10.6. The van der Waals surface area contributed by atoms with Crippen LogP contribution in [0.1, 0.15) is 12.0 Å². The molecule has 0 unspecified atom stereocenters. The van der Waals surface area contributed by atoms with Crippen LogP contribution < -0.4 is 0 Å². The van der Waals surface area contributed by atoms with Gasteiger partial charge in [-0.1, -0.05) is 12.1 Å². The van der Waals surface area contributed by atoms with Gasteiger partial charge in [-0.15, -0.1) is 0 Å². The number of hydrogen-bond acceptors (Lipinski definition) is 2. The number of carboxylic acid groups (broad SMARTS) is 2. The first-order chi connectivity index (χ1) is 7.50. The van der Waals surface area contributed by atoms with Crippen LogP contribution in [0.3, 0.4) is 0 Å². The quantitative estimate of drug-likeness (QED) is 0.640. The van der Waals surface area contributed by atoms with Crippen LogP contribution >= 0.6 is 22.6 Å². The zero-order chi connectivity index (χ0) is 12.1. The second-order valence-corrected chi connectivity index (χ2v) is 4.64. The molecule has 0 radical (unpaired) electrons. The highest BCUT2D eigenvalue weighted by Gasteiger charge is 2.24. The predicted molar refractivity (Wildman–Crippen MR) is 66.2 cm³/mol. The summed E-state index contributed by atoms with van der Waals surface area (Å²) in [6.07, 6.45) is 0.575. The van der Waals surface area contributed by atoms with Crippen LogP contribution in [-0.4, -0.2) is 22.2 Å². The van der Waals surface area contributed by atoms with Gasteiger partial charge in [0.1, 0.15) is 0 Å². The Hall–Kier alpha value is -1.11. The van der Waals surface area contributed by atoms with Crippen molar-refractivity contribution < 1.29 is 19.8 Å². The van der Waals surface area contributed by atoms with Crippen LogP contribution in [0.5, 0.6) is 0 Å². The van der Waals surface area contributed by atoms with Crippen molar-refractivity contribution in [3.63, 3.8) is 0 Å². The molecule has 86 valence electrons. The van der Waals surface area contributed by atoms with Crippen molar-refractivity contribution in [2.24, 2.45) is 5.92 Å². The van der Waals surface area contributed by atoms with Gasteiger partial charge in [-0.05, 0) is 53.1 Å². The summed E-state index contributed by atoms with van der Waals surface area (Å²) in [6.45, 7) is 0. The van der Waals surface area contributed by atoms with Gasteiger partial charge in [-0.25, -0.2) is 0 Å². The lowest BCUT2D eigenvalue weighted by Gasteiger charge is -2.07. The van der Waals surface area contributed by atoms with Gasteiger partial charge in [0.25, 0.3) is 0 Å². The molecule has 2 N–H and O–H groups in total. The maximum Gasteiger partial charge on any atom is 0.317 e. The average molecular weight is 330 g/mol. The smallest absolute Gasteiger partial charge is 0.317 e. The predicted octanol–water partition coefficient (Wildman–Crippen LogP) is 2.01. The van der Waals surface area contributed by atoms with Crippen LogP contribution in [0.2, 0.25) is 0 Å². The molecule has 0 aliphatic rings. The van der Waals surface area contributed by atoms with Gasteiger partial charge in [0, 0.05) is 3.57 Å². The average Bonchev–Trinajstić information content (AvgIpc) is 2.20. The first-order valence-corrected chi connectivity index (χ1v) is 5.78. The van der Waals surface area contributed by atoms with Crippen molar-refractivity contribution in [1.29, 1.82) is 0 Å². The minimum atomic E-state index is -1.32. The second kappa shape index (κ2) is 5.83. The fraction of sp³-hybridized carbons (Fsp3) is 0.273. The molecular formula is C11H11IO4. The molecule has 0 atom stereocenters. The second-order valence-electron chi connectivity index (χ2n) is 3.39. The normalized spacial score (nSPS) is 10.4. The number of hydrogen-bond donors (Lipinski definition) is 2. The van der Waals surface area contributed by atoms with Crippen molar-refractivity contribution >= 4 is 34.5 Å². The molecule has 1 aromatic carbocycles. The highest BCUT2D eigenvalue weighted by Crippen LogP contribution is 2.12. The molecule has 0 heterocycles. The van der Waals surface area contributed by atoms with Crippen molar-refractivity contribution in [3.05, 3.63) is 33.4 Å². The third-order valence-electron chi connectivity index (χ3n) is 2.23. The van der Waals surface area contributed by atoms with Gasteiger partial charge < -0.3 is 10.2 Å².